The summed E-state index contributed by atoms with van der Waals surface area (Å²) in [6, 6.07) is 4.05. The van der Waals surface area contributed by atoms with Gasteiger partial charge in [-0.2, -0.15) is 13.2 Å². The molecule has 2 aliphatic rings. The van der Waals surface area contributed by atoms with Crippen molar-refractivity contribution in [3.63, 3.8) is 0 Å². The van der Waals surface area contributed by atoms with Crippen molar-refractivity contribution < 1.29 is 31.9 Å². The Hall–Kier alpha value is -2.75. The molecule has 0 saturated carbocycles. The Bertz CT molecular complexity index is 910. The van der Waals surface area contributed by atoms with E-state index in [1.165, 1.54) is 18.4 Å². The number of halogens is 3. The van der Waals surface area contributed by atoms with E-state index in [4.69, 9.17) is 10.2 Å². The molecule has 144 valence electrons. The summed E-state index contributed by atoms with van der Waals surface area (Å²) in [5, 5.41) is 0.733. The second-order valence-electron chi connectivity index (χ2n) is 6.77. The van der Waals surface area contributed by atoms with Crippen LogP contribution >= 0.6 is 0 Å². The fourth-order valence-electron chi connectivity index (χ4n) is 3.85. The minimum Gasteiger partial charge on any atom is -0.464 e. The number of alkyl halides is 3. The van der Waals surface area contributed by atoms with Gasteiger partial charge in [-0.15, -0.1) is 0 Å². The van der Waals surface area contributed by atoms with E-state index in [-0.39, 0.29) is 17.8 Å². The van der Waals surface area contributed by atoms with Crippen LogP contribution in [0.5, 0.6) is 5.75 Å². The fourth-order valence-corrected chi connectivity index (χ4v) is 3.85. The van der Waals surface area contributed by atoms with Crippen molar-refractivity contribution in [2.45, 2.75) is 31.2 Å². The zero-order valence-corrected chi connectivity index (χ0v) is 14.0. The zero-order chi connectivity index (χ0) is 19.3. The highest BCUT2D eigenvalue weighted by molar-refractivity contribution is 5.84. The van der Waals surface area contributed by atoms with Crippen LogP contribution in [-0.4, -0.2) is 53.1 Å². The second kappa shape index (κ2) is 6.15. The quantitative estimate of drug-likeness (QED) is 0.649. The number of rotatable bonds is 3. The number of urea groups is 1. The number of nitrogens with two attached hydrogens (primary N) is 1. The van der Waals surface area contributed by atoms with E-state index < -0.39 is 18.2 Å². The van der Waals surface area contributed by atoms with Gasteiger partial charge < -0.3 is 19.8 Å². The lowest BCUT2D eigenvalue weighted by Gasteiger charge is -2.33. The standard InChI is InChI=1S/C17H16F3N3O4/c18-17(19,20)15(24)27-12-1-2-13-9(8-26-14(13)4-12)5-22-6-11-3-10(22)7-23(11)16(21)25/h1-2,4,8,10-11H,3,5-7H2,(H2,21,25)/t10-,11-/m1/s1. The van der Waals surface area contributed by atoms with Gasteiger partial charge in [0.2, 0.25) is 0 Å². The molecule has 3 heterocycles. The van der Waals surface area contributed by atoms with E-state index in [2.05, 4.69) is 9.64 Å². The lowest BCUT2D eigenvalue weighted by Crippen LogP contribution is -2.50. The number of hydrogen-bond acceptors (Lipinski definition) is 5. The molecular formula is C17H16F3N3O4. The van der Waals surface area contributed by atoms with Gasteiger partial charge in [0.15, 0.2) is 0 Å². The van der Waals surface area contributed by atoms with Crippen molar-refractivity contribution >= 4 is 23.0 Å². The predicted octanol–water partition coefficient (Wildman–Crippen LogP) is 2.24. The highest BCUT2D eigenvalue weighted by atomic mass is 19.4. The number of piperazine rings is 1. The number of ether oxygens (including phenoxy) is 1. The van der Waals surface area contributed by atoms with E-state index in [0.717, 1.165) is 17.4 Å². The van der Waals surface area contributed by atoms with E-state index in [1.54, 1.807) is 11.0 Å². The minimum absolute atomic E-state index is 0.110. The van der Waals surface area contributed by atoms with E-state index in [1.807, 2.05) is 0 Å². The fraction of sp³-hybridized carbons (Fsp3) is 0.412. The summed E-state index contributed by atoms with van der Waals surface area (Å²) in [7, 11) is 0. The summed E-state index contributed by atoms with van der Waals surface area (Å²) in [4.78, 5) is 26.2. The summed E-state index contributed by atoms with van der Waals surface area (Å²) < 4.78 is 46.6. The van der Waals surface area contributed by atoms with Crippen LogP contribution < -0.4 is 10.5 Å². The molecule has 2 N–H and O–H groups in total. The number of esters is 1. The molecule has 10 heteroatoms. The largest absolute Gasteiger partial charge is 0.491 e. The van der Waals surface area contributed by atoms with Crippen LogP contribution in [0.1, 0.15) is 12.0 Å². The molecule has 4 rings (SSSR count). The van der Waals surface area contributed by atoms with Gasteiger partial charge in [-0.05, 0) is 18.6 Å². The van der Waals surface area contributed by atoms with Crippen molar-refractivity contribution in [2.24, 2.45) is 5.73 Å². The summed E-state index contributed by atoms with van der Waals surface area (Å²) in [6.45, 7) is 1.89. The maximum absolute atomic E-state index is 12.3. The van der Waals surface area contributed by atoms with Gasteiger partial charge in [-0.1, -0.05) is 0 Å². The van der Waals surface area contributed by atoms with Crippen molar-refractivity contribution in [1.29, 1.82) is 0 Å². The molecule has 0 spiro atoms. The average Bonchev–Trinajstić information content (AvgIpc) is 3.28. The Morgan fingerprint density at radius 1 is 1.26 bits per heavy atom. The molecule has 7 nitrogen and oxygen atoms in total. The highest BCUT2D eigenvalue weighted by Gasteiger charge is 2.44. The van der Waals surface area contributed by atoms with E-state index >= 15 is 0 Å². The van der Waals surface area contributed by atoms with Crippen LogP contribution in [0.2, 0.25) is 0 Å². The van der Waals surface area contributed by atoms with Crippen molar-refractivity contribution in [2.75, 3.05) is 13.1 Å². The van der Waals surface area contributed by atoms with Gasteiger partial charge in [-0.3, -0.25) is 4.90 Å². The predicted molar refractivity (Wildman–Crippen MR) is 86.8 cm³/mol. The van der Waals surface area contributed by atoms with Crippen LogP contribution in [0, 0.1) is 0 Å². The Morgan fingerprint density at radius 3 is 2.67 bits per heavy atom. The molecule has 2 bridgehead atoms. The molecule has 0 aliphatic carbocycles. The molecule has 27 heavy (non-hydrogen) atoms. The maximum atomic E-state index is 12.3. The first kappa shape index (κ1) is 17.7. The Morgan fingerprint density at radius 2 is 2.04 bits per heavy atom. The molecule has 2 aromatic rings. The number of amides is 2. The number of likely N-dealkylation sites (tertiary alicyclic amines) is 2. The van der Waals surface area contributed by atoms with Crippen molar-refractivity contribution in [3.05, 3.63) is 30.0 Å². The van der Waals surface area contributed by atoms with Gasteiger partial charge in [0.1, 0.15) is 11.3 Å². The first-order valence-electron chi connectivity index (χ1n) is 8.31. The number of primary amides is 1. The molecule has 1 aromatic carbocycles. The molecule has 2 atom stereocenters. The van der Waals surface area contributed by atoms with E-state index in [0.29, 0.717) is 25.2 Å². The maximum Gasteiger partial charge on any atom is 0.491 e. The van der Waals surface area contributed by atoms with Crippen LogP contribution in [0.3, 0.4) is 0 Å². The SMILES string of the molecule is NC(=O)N1C[C@H]2C[C@@H]1CN2Cc1coc2cc(OC(=O)C(F)(F)F)ccc12. The van der Waals surface area contributed by atoms with Crippen molar-refractivity contribution in [1.82, 2.24) is 9.80 Å². The molecule has 2 fully saturated rings. The van der Waals surface area contributed by atoms with Crippen molar-refractivity contribution in [3.8, 4) is 5.75 Å². The van der Waals surface area contributed by atoms with E-state index in [9.17, 15) is 22.8 Å². The third kappa shape index (κ3) is 3.20. The first-order chi connectivity index (χ1) is 12.7. The lowest BCUT2D eigenvalue weighted by atomic mass is 10.1. The molecule has 2 aliphatic heterocycles. The Kier molecular flexibility index (Phi) is 4.02. The number of hydrogen-bond donors (Lipinski definition) is 1. The smallest absolute Gasteiger partial charge is 0.464 e. The van der Waals surface area contributed by atoms with Crippen LogP contribution in [-0.2, 0) is 11.3 Å². The van der Waals surface area contributed by atoms with Gasteiger partial charge in [0, 0.05) is 48.7 Å². The van der Waals surface area contributed by atoms with Crippen LogP contribution in [0.25, 0.3) is 11.0 Å². The summed E-state index contributed by atoms with van der Waals surface area (Å²) >= 11 is 0. The molecule has 0 radical (unpaired) electrons. The zero-order valence-electron chi connectivity index (χ0n) is 14.0. The average molecular weight is 383 g/mol. The Balaban J connectivity index is 1.47. The topological polar surface area (TPSA) is 89.0 Å². The van der Waals surface area contributed by atoms with Gasteiger partial charge in [-0.25, -0.2) is 9.59 Å². The lowest BCUT2D eigenvalue weighted by molar-refractivity contribution is -0.189. The number of benzene rings is 1. The van der Waals surface area contributed by atoms with Gasteiger partial charge >= 0.3 is 18.2 Å². The summed E-state index contributed by atoms with van der Waals surface area (Å²) in [5.74, 6) is -2.51. The molecule has 1 aromatic heterocycles. The highest BCUT2D eigenvalue weighted by Crippen LogP contribution is 2.34. The third-order valence-electron chi connectivity index (χ3n) is 5.08. The normalized spacial score (nSPS) is 22.6. The summed E-state index contributed by atoms with van der Waals surface area (Å²) in [6.07, 6.45) is -2.65. The molecule has 2 saturated heterocycles. The number of carbonyl (C=O) groups is 2. The monoisotopic (exact) mass is 383 g/mol. The minimum atomic E-state index is -5.06. The number of nitrogens with zero attached hydrogens (tertiary/aromatic N) is 2. The third-order valence-corrected chi connectivity index (χ3v) is 5.08. The number of fused-ring (bicyclic) bond motifs is 3. The first-order valence-corrected chi connectivity index (χ1v) is 8.31. The Labute approximate surface area is 151 Å². The molecular weight excluding hydrogens is 367 g/mol. The molecule has 2 amide bonds. The van der Waals surface area contributed by atoms with Crippen LogP contribution in [0.15, 0.2) is 28.9 Å². The van der Waals surface area contributed by atoms with Gasteiger partial charge in [0.25, 0.3) is 0 Å². The number of carbonyl (C=O) groups excluding carboxylic acids is 2. The second-order valence-corrected chi connectivity index (χ2v) is 6.77. The summed E-state index contributed by atoms with van der Waals surface area (Å²) in [5.41, 5.74) is 6.57. The van der Waals surface area contributed by atoms with Gasteiger partial charge in [0.05, 0.1) is 6.26 Å². The number of furan rings is 1. The van der Waals surface area contributed by atoms with Crippen LogP contribution in [0.4, 0.5) is 18.0 Å². The molecule has 0 unspecified atom stereocenters.